The molecule has 0 fully saturated rings. The molecule has 0 saturated carbocycles. The molecule has 1 unspecified atom stereocenters. The molecule has 1 atom stereocenters. The van der Waals surface area contributed by atoms with Gasteiger partial charge in [-0.1, -0.05) is 24.8 Å². The summed E-state index contributed by atoms with van der Waals surface area (Å²) >= 11 is 0. The molecule has 0 saturated heterocycles. The van der Waals surface area contributed by atoms with E-state index < -0.39 is 0 Å². The second-order valence-corrected chi connectivity index (χ2v) is 5.06. The normalized spacial score (nSPS) is 12.6. The molecule has 0 spiro atoms. The third kappa shape index (κ3) is 3.08. The molecule has 20 heavy (non-hydrogen) atoms. The van der Waals surface area contributed by atoms with Crippen molar-refractivity contribution in [3.8, 4) is 0 Å². The highest BCUT2D eigenvalue weighted by Crippen LogP contribution is 2.19. The summed E-state index contributed by atoms with van der Waals surface area (Å²) in [6, 6.07) is 8.15. The van der Waals surface area contributed by atoms with E-state index >= 15 is 0 Å². The molecule has 0 aliphatic carbocycles. The predicted octanol–water partition coefficient (Wildman–Crippen LogP) is 3.07. The van der Waals surface area contributed by atoms with E-state index in [0.29, 0.717) is 12.1 Å². The van der Waals surface area contributed by atoms with Gasteiger partial charge in [-0.3, -0.25) is 4.90 Å². The van der Waals surface area contributed by atoms with Crippen LogP contribution in [0.2, 0.25) is 0 Å². The number of nitrogens with zero attached hydrogens (tertiary/aromatic N) is 1. The number of aromatic amines is 1. The third-order valence-electron chi connectivity index (χ3n) is 3.34. The van der Waals surface area contributed by atoms with Gasteiger partial charge in [-0.15, -0.1) is 0 Å². The van der Waals surface area contributed by atoms with Crippen LogP contribution >= 0.6 is 0 Å². The fourth-order valence-corrected chi connectivity index (χ4v) is 2.01. The lowest BCUT2D eigenvalue weighted by Crippen LogP contribution is -2.33. The Kier molecular flexibility index (Phi) is 4.25. The lowest BCUT2D eigenvalue weighted by Gasteiger charge is -2.24. The number of esters is 1. The van der Waals surface area contributed by atoms with Gasteiger partial charge < -0.3 is 9.72 Å². The maximum absolute atomic E-state index is 11.5. The predicted molar refractivity (Wildman–Crippen MR) is 80.1 cm³/mol. The van der Waals surface area contributed by atoms with E-state index in [2.05, 4.69) is 17.6 Å². The van der Waals surface area contributed by atoms with Crippen LogP contribution < -0.4 is 0 Å². The number of aromatic nitrogens is 1. The van der Waals surface area contributed by atoms with E-state index in [1.54, 1.807) is 6.92 Å². The van der Waals surface area contributed by atoms with Crippen molar-refractivity contribution >= 4 is 16.9 Å². The Morgan fingerprint density at radius 1 is 1.45 bits per heavy atom. The molecule has 0 bridgehead atoms. The summed E-state index contributed by atoms with van der Waals surface area (Å²) < 4.78 is 5.31. The minimum atomic E-state index is -0.358. The Hall–Kier alpha value is -2.07. The summed E-state index contributed by atoms with van der Waals surface area (Å²) in [5.41, 5.74) is 2.71. The molecule has 106 valence electrons. The van der Waals surface area contributed by atoms with Crippen LogP contribution in [0.4, 0.5) is 0 Å². The Labute approximate surface area is 119 Å². The van der Waals surface area contributed by atoms with Gasteiger partial charge in [-0.2, -0.15) is 0 Å². The van der Waals surface area contributed by atoms with Crippen molar-refractivity contribution in [2.75, 3.05) is 7.05 Å². The average molecular weight is 272 g/mol. The first-order valence-electron chi connectivity index (χ1n) is 6.60. The van der Waals surface area contributed by atoms with E-state index in [-0.39, 0.29) is 12.2 Å². The van der Waals surface area contributed by atoms with Gasteiger partial charge in [0.2, 0.25) is 0 Å². The molecule has 2 rings (SSSR count). The maximum Gasteiger partial charge on any atom is 0.334 e. The van der Waals surface area contributed by atoms with Crippen molar-refractivity contribution in [3.63, 3.8) is 0 Å². The number of carbonyl (C=O) groups excluding carboxylic acids is 1. The zero-order valence-corrected chi connectivity index (χ0v) is 12.1. The van der Waals surface area contributed by atoms with Crippen LogP contribution in [0.15, 0.2) is 42.6 Å². The first kappa shape index (κ1) is 14.3. The second kappa shape index (κ2) is 5.92. The summed E-state index contributed by atoms with van der Waals surface area (Å²) in [5.74, 6) is -0.358. The Morgan fingerprint density at radius 2 is 2.15 bits per heavy atom. The molecule has 0 aliphatic rings. The van der Waals surface area contributed by atoms with Crippen LogP contribution in [0.3, 0.4) is 0 Å². The van der Waals surface area contributed by atoms with Gasteiger partial charge in [0.15, 0.2) is 6.23 Å². The summed E-state index contributed by atoms with van der Waals surface area (Å²) in [7, 11) is 1.93. The lowest BCUT2D eigenvalue weighted by molar-refractivity contribution is -0.151. The molecular formula is C16H20N2O2. The van der Waals surface area contributed by atoms with Crippen LogP contribution in [0.1, 0.15) is 19.4 Å². The number of nitrogens with one attached hydrogen (secondary N) is 1. The molecule has 4 heteroatoms. The topological polar surface area (TPSA) is 45.3 Å². The largest absolute Gasteiger partial charge is 0.443 e. The van der Waals surface area contributed by atoms with Crippen LogP contribution in [0.5, 0.6) is 0 Å². The minimum Gasteiger partial charge on any atom is -0.443 e. The number of fused-ring (bicyclic) bond motifs is 1. The summed E-state index contributed by atoms with van der Waals surface area (Å²) in [4.78, 5) is 16.7. The van der Waals surface area contributed by atoms with E-state index in [1.807, 2.05) is 43.3 Å². The molecule has 1 N–H and O–H groups in total. The highest BCUT2D eigenvalue weighted by atomic mass is 16.6. The lowest BCUT2D eigenvalue weighted by atomic mass is 10.1. The van der Waals surface area contributed by atoms with E-state index in [9.17, 15) is 4.79 Å². The molecule has 1 aromatic heterocycles. The van der Waals surface area contributed by atoms with Gasteiger partial charge in [0.05, 0.1) is 0 Å². The third-order valence-corrected chi connectivity index (χ3v) is 3.34. The van der Waals surface area contributed by atoms with E-state index in [4.69, 9.17) is 4.74 Å². The number of benzene rings is 1. The first-order valence-corrected chi connectivity index (χ1v) is 6.60. The molecule has 4 nitrogen and oxygen atoms in total. The van der Waals surface area contributed by atoms with Crippen LogP contribution in [-0.2, 0) is 16.1 Å². The maximum atomic E-state index is 11.5. The van der Waals surface area contributed by atoms with Crippen molar-refractivity contribution in [1.29, 1.82) is 0 Å². The number of hydrogen-bond donors (Lipinski definition) is 1. The van der Waals surface area contributed by atoms with E-state index in [0.717, 1.165) is 5.52 Å². The highest BCUT2D eigenvalue weighted by Gasteiger charge is 2.16. The smallest absolute Gasteiger partial charge is 0.334 e. The quantitative estimate of drug-likeness (QED) is 0.517. The summed E-state index contributed by atoms with van der Waals surface area (Å²) in [6.07, 6.45) is 1.70. The van der Waals surface area contributed by atoms with Crippen LogP contribution in [0, 0.1) is 0 Å². The fourth-order valence-electron chi connectivity index (χ4n) is 2.01. The summed E-state index contributed by atoms with van der Waals surface area (Å²) in [6.45, 7) is 7.79. The molecule has 0 aliphatic heterocycles. The molecular weight excluding hydrogens is 252 g/mol. The van der Waals surface area contributed by atoms with Gasteiger partial charge in [-0.05, 0) is 32.5 Å². The van der Waals surface area contributed by atoms with Gasteiger partial charge in [-0.25, -0.2) is 4.79 Å². The number of hydrogen-bond acceptors (Lipinski definition) is 3. The monoisotopic (exact) mass is 272 g/mol. The number of rotatable bonds is 5. The van der Waals surface area contributed by atoms with Crippen LogP contribution in [0.25, 0.3) is 10.9 Å². The average Bonchev–Trinajstić information content (AvgIpc) is 2.82. The highest BCUT2D eigenvalue weighted by molar-refractivity contribution is 5.87. The number of ether oxygens (including phenoxy) is 1. The summed E-state index contributed by atoms with van der Waals surface area (Å²) in [5, 5.41) is 1.19. The number of H-pyrrole nitrogens is 1. The fraction of sp³-hybridized carbons (Fsp3) is 0.312. The Morgan fingerprint density at radius 3 is 2.85 bits per heavy atom. The Balaban J connectivity index is 2.05. The van der Waals surface area contributed by atoms with Crippen molar-refractivity contribution in [2.24, 2.45) is 0 Å². The van der Waals surface area contributed by atoms with Gasteiger partial charge in [0, 0.05) is 29.2 Å². The molecule has 1 heterocycles. The molecule has 0 amide bonds. The van der Waals surface area contributed by atoms with E-state index in [1.165, 1.54) is 10.9 Å². The van der Waals surface area contributed by atoms with Gasteiger partial charge >= 0.3 is 5.97 Å². The zero-order valence-electron chi connectivity index (χ0n) is 12.1. The van der Waals surface area contributed by atoms with Crippen molar-refractivity contribution in [1.82, 2.24) is 9.88 Å². The first-order chi connectivity index (χ1) is 9.49. The van der Waals surface area contributed by atoms with Crippen molar-refractivity contribution in [2.45, 2.75) is 26.6 Å². The SMILES string of the molecule is C=C(C)C(=O)OC(C)N(C)Cc1c[nH]c2ccccc12. The molecule has 0 radical (unpaired) electrons. The number of carbonyl (C=O) groups is 1. The van der Waals surface area contributed by atoms with Gasteiger partial charge in [0.1, 0.15) is 0 Å². The second-order valence-electron chi connectivity index (χ2n) is 5.06. The molecule has 2 aromatic rings. The van der Waals surface area contributed by atoms with Crippen LogP contribution in [-0.4, -0.2) is 29.1 Å². The minimum absolute atomic E-state index is 0.298. The van der Waals surface area contributed by atoms with Gasteiger partial charge in [0.25, 0.3) is 0 Å². The van der Waals surface area contributed by atoms with Crippen molar-refractivity contribution < 1.29 is 9.53 Å². The number of para-hydroxylation sites is 1. The standard InChI is InChI=1S/C16H20N2O2/c1-11(2)16(19)20-12(3)18(4)10-13-9-17-15-8-6-5-7-14(13)15/h5-9,12,17H,1,10H2,2-4H3. The Bertz CT molecular complexity index is 630. The molecule has 1 aromatic carbocycles. The van der Waals surface area contributed by atoms with Crippen molar-refractivity contribution in [3.05, 3.63) is 48.2 Å². The zero-order chi connectivity index (χ0) is 14.7.